The summed E-state index contributed by atoms with van der Waals surface area (Å²) in [6.45, 7) is 0. The van der Waals surface area contributed by atoms with Gasteiger partial charge >= 0.3 is 0 Å². The van der Waals surface area contributed by atoms with E-state index in [2.05, 4.69) is 15.0 Å². The molecule has 0 bridgehead atoms. The Balaban J connectivity index is 1.95. The molecule has 3 rings (SSSR count). The second kappa shape index (κ2) is 8.16. The summed E-state index contributed by atoms with van der Waals surface area (Å²) in [7, 11) is 0. The van der Waals surface area contributed by atoms with Crippen LogP contribution in [0.4, 0.5) is 0 Å². The molecule has 0 spiro atoms. The highest BCUT2D eigenvalue weighted by Gasteiger charge is 2.33. The molecule has 0 aliphatic carbocycles. The van der Waals surface area contributed by atoms with Crippen LogP contribution in [0, 0.1) is 0 Å². The molecule has 0 saturated heterocycles. The molecule has 0 saturated carbocycles. The van der Waals surface area contributed by atoms with Gasteiger partial charge < -0.3 is 4.42 Å². The third-order valence-electron chi connectivity index (χ3n) is 3.29. The van der Waals surface area contributed by atoms with E-state index in [1.165, 1.54) is 0 Å². The molecule has 0 aliphatic heterocycles. The predicted molar refractivity (Wildman–Crippen MR) is 111 cm³/mol. The van der Waals surface area contributed by atoms with Crippen molar-refractivity contribution in [3.8, 4) is 11.4 Å². The zero-order valence-electron chi connectivity index (χ0n) is 13.2. The Labute approximate surface area is 185 Å². The summed E-state index contributed by atoms with van der Waals surface area (Å²) in [4.78, 5) is 12.3. The van der Waals surface area contributed by atoms with Gasteiger partial charge in [-0.2, -0.15) is 0 Å². The number of aromatic nitrogens is 3. The van der Waals surface area contributed by atoms with Crippen LogP contribution in [0.25, 0.3) is 23.5 Å². The van der Waals surface area contributed by atoms with E-state index < -0.39 is 7.59 Å². The van der Waals surface area contributed by atoms with Crippen molar-refractivity contribution in [1.29, 1.82) is 0 Å². The van der Waals surface area contributed by atoms with Gasteiger partial charge in [0.15, 0.2) is 17.5 Å². The minimum Gasteiger partial charge on any atom is -0.465 e. The average molecular weight is 484 g/mol. The van der Waals surface area contributed by atoms with Crippen LogP contribution in [0.5, 0.6) is 0 Å². The highest BCUT2D eigenvalue weighted by atomic mass is 35.6. The second-order valence-corrected chi connectivity index (χ2v) is 9.83. The number of hydrogen-bond donors (Lipinski definition) is 0. The minimum atomic E-state index is -1.89. The molecular formula is C17H9Cl6N3O. The maximum Gasteiger partial charge on any atom is 0.250 e. The molecule has 140 valence electrons. The van der Waals surface area contributed by atoms with Crippen LogP contribution >= 0.6 is 69.6 Å². The fraction of sp³-hybridized carbons (Fsp3) is 0.118. The Morgan fingerprint density at radius 3 is 1.81 bits per heavy atom. The molecule has 4 nitrogen and oxygen atoms in total. The lowest BCUT2D eigenvalue weighted by Gasteiger charge is -2.15. The van der Waals surface area contributed by atoms with Crippen LogP contribution in [-0.2, 0) is 7.59 Å². The SMILES string of the molecule is ClC(Cl)(Cl)c1nc(-c2ccc(C=Cc3ccco3)cc2)nc(C(Cl)(Cl)Cl)n1. The zero-order chi connectivity index (χ0) is 19.7. The molecule has 0 atom stereocenters. The molecule has 0 radical (unpaired) electrons. The van der Waals surface area contributed by atoms with E-state index in [9.17, 15) is 0 Å². The highest BCUT2D eigenvalue weighted by Crippen LogP contribution is 2.40. The number of benzene rings is 1. The number of alkyl halides is 6. The summed E-state index contributed by atoms with van der Waals surface area (Å²) in [6, 6.07) is 11.0. The minimum absolute atomic E-state index is 0.138. The predicted octanol–water partition coefficient (Wildman–Crippen LogP) is 6.96. The summed E-state index contributed by atoms with van der Waals surface area (Å²) in [5.74, 6) is 0.687. The fourth-order valence-electron chi connectivity index (χ4n) is 2.07. The first kappa shape index (κ1) is 20.7. The van der Waals surface area contributed by atoms with E-state index in [1.807, 2.05) is 36.4 Å². The smallest absolute Gasteiger partial charge is 0.250 e. The average Bonchev–Trinajstić information content (AvgIpc) is 3.12. The van der Waals surface area contributed by atoms with Gasteiger partial charge in [0.25, 0.3) is 0 Å². The Hall–Kier alpha value is -1.01. The molecule has 27 heavy (non-hydrogen) atoms. The van der Waals surface area contributed by atoms with Crippen LogP contribution in [-0.4, -0.2) is 15.0 Å². The number of furan rings is 1. The maximum absolute atomic E-state index is 5.89. The quantitative estimate of drug-likeness (QED) is 0.378. The lowest BCUT2D eigenvalue weighted by Crippen LogP contribution is -2.16. The standard InChI is InChI=1S/C17H9Cl6N3O/c18-16(19,20)14-24-13(25-15(26-14)17(21,22)23)11-6-3-10(4-7-11)5-8-12-2-1-9-27-12/h1-9H. The highest BCUT2D eigenvalue weighted by molar-refractivity contribution is 6.67. The first-order valence-corrected chi connectivity index (χ1v) is 9.62. The van der Waals surface area contributed by atoms with Crippen molar-refractivity contribution >= 4 is 81.8 Å². The Morgan fingerprint density at radius 2 is 1.33 bits per heavy atom. The van der Waals surface area contributed by atoms with Gasteiger partial charge in [-0.25, -0.2) is 15.0 Å². The number of halogens is 6. The zero-order valence-corrected chi connectivity index (χ0v) is 17.7. The molecule has 2 heterocycles. The van der Waals surface area contributed by atoms with Crippen molar-refractivity contribution in [2.45, 2.75) is 7.59 Å². The van der Waals surface area contributed by atoms with Crippen molar-refractivity contribution in [1.82, 2.24) is 15.0 Å². The molecule has 0 unspecified atom stereocenters. The van der Waals surface area contributed by atoms with Crippen LogP contribution in [0.15, 0.2) is 47.1 Å². The summed E-state index contributed by atoms with van der Waals surface area (Å²) in [5.41, 5.74) is 1.57. The van der Waals surface area contributed by atoms with E-state index in [-0.39, 0.29) is 17.5 Å². The lowest BCUT2D eigenvalue weighted by atomic mass is 10.1. The third-order valence-corrected chi connectivity index (χ3v) is 4.31. The Kier molecular flexibility index (Phi) is 6.26. The molecule has 0 aliphatic rings. The van der Waals surface area contributed by atoms with Crippen molar-refractivity contribution in [3.05, 3.63) is 65.6 Å². The van der Waals surface area contributed by atoms with Crippen LogP contribution in [0.1, 0.15) is 23.0 Å². The molecule has 1 aromatic carbocycles. The van der Waals surface area contributed by atoms with Gasteiger partial charge in [-0.3, -0.25) is 0 Å². The van der Waals surface area contributed by atoms with Gasteiger partial charge in [0.05, 0.1) is 6.26 Å². The largest absolute Gasteiger partial charge is 0.465 e. The van der Waals surface area contributed by atoms with Gasteiger partial charge in [0.1, 0.15) is 5.76 Å². The normalized spacial score (nSPS) is 12.7. The van der Waals surface area contributed by atoms with E-state index in [1.54, 1.807) is 18.4 Å². The third kappa shape index (κ3) is 5.50. The first-order valence-electron chi connectivity index (χ1n) is 7.35. The monoisotopic (exact) mass is 481 g/mol. The first-order chi connectivity index (χ1) is 12.6. The molecule has 0 fully saturated rings. The Bertz CT molecular complexity index is 912. The summed E-state index contributed by atoms with van der Waals surface area (Å²) < 4.78 is 1.46. The molecular weight excluding hydrogens is 475 g/mol. The molecule has 0 amide bonds. The molecule has 2 aromatic heterocycles. The van der Waals surface area contributed by atoms with Gasteiger partial charge in [-0.1, -0.05) is 99.9 Å². The van der Waals surface area contributed by atoms with E-state index in [4.69, 9.17) is 74.0 Å². The van der Waals surface area contributed by atoms with Gasteiger partial charge in [0, 0.05) is 5.56 Å². The van der Waals surface area contributed by atoms with Crippen molar-refractivity contribution in [2.24, 2.45) is 0 Å². The topological polar surface area (TPSA) is 51.8 Å². The van der Waals surface area contributed by atoms with Crippen LogP contribution in [0.3, 0.4) is 0 Å². The lowest BCUT2D eigenvalue weighted by molar-refractivity contribution is 0.557. The van der Waals surface area contributed by atoms with Gasteiger partial charge in [0.2, 0.25) is 7.59 Å². The Morgan fingerprint density at radius 1 is 0.741 bits per heavy atom. The fourth-order valence-corrected chi connectivity index (χ4v) is 2.57. The maximum atomic E-state index is 5.89. The van der Waals surface area contributed by atoms with Crippen molar-refractivity contribution < 1.29 is 4.42 Å². The van der Waals surface area contributed by atoms with Gasteiger partial charge in [-0.15, -0.1) is 0 Å². The number of rotatable bonds is 3. The van der Waals surface area contributed by atoms with E-state index in [0.717, 1.165) is 11.3 Å². The summed E-state index contributed by atoms with van der Waals surface area (Å²) >= 11 is 35.3. The van der Waals surface area contributed by atoms with Crippen LogP contribution in [0.2, 0.25) is 0 Å². The van der Waals surface area contributed by atoms with E-state index >= 15 is 0 Å². The molecule has 0 N–H and O–H groups in total. The molecule has 3 aromatic rings. The number of nitrogens with zero attached hydrogens (tertiary/aromatic N) is 3. The second-order valence-electron chi connectivity index (χ2n) is 5.27. The summed E-state index contributed by atoms with van der Waals surface area (Å²) in [6.07, 6.45) is 5.35. The van der Waals surface area contributed by atoms with Crippen molar-refractivity contribution in [3.63, 3.8) is 0 Å². The summed E-state index contributed by atoms with van der Waals surface area (Å²) in [5, 5.41) is 0. The number of hydrogen-bond acceptors (Lipinski definition) is 4. The van der Waals surface area contributed by atoms with Crippen molar-refractivity contribution in [2.75, 3.05) is 0 Å². The van der Waals surface area contributed by atoms with Gasteiger partial charge in [-0.05, 0) is 23.8 Å². The van der Waals surface area contributed by atoms with E-state index in [0.29, 0.717) is 5.56 Å². The molecule has 10 heteroatoms. The van der Waals surface area contributed by atoms with Crippen LogP contribution < -0.4 is 0 Å².